The van der Waals surface area contributed by atoms with Gasteiger partial charge in [0.25, 0.3) is 0 Å². The molecule has 0 spiro atoms. The van der Waals surface area contributed by atoms with Crippen molar-refractivity contribution in [3.63, 3.8) is 0 Å². The maximum absolute atomic E-state index is 12.5. The number of carbonyl (C=O) groups excluding carboxylic acids is 1. The molecule has 0 saturated heterocycles. The molecular weight excluding hydrogens is 374 g/mol. The van der Waals surface area contributed by atoms with Gasteiger partial charge in [0.1, 0.15) is 24.7 Å². The first-order chi connectivity index (χ1) is 14.0. The topological polar surface area (TPSA) is 80.0 Å². The molecule has 3 rings (SSSR count). The van der Waals surface area contributed by atoms with Gasteiger partial charge in [0.15, 0.2) is 11.5 Å². The summed E-state index contributed by atoms with van der Waals surface area (Å²) in [6.45, 7) is 4.08. The standard InChI is InChI=1S/C22H23NO6/c1-14-18(15(2)29-23-14)13-27-20-10-9-16(11-21(20)26-4)22(24)28-12-17-7-5-6-8-19(17)25-3/h5-11H,12-13H2,1-4H3. The van der Waals surface area contributed by atoms with Crippen molar-refractivity contribution in [2.24, 2.45) is 0 Å². The Morgan fingerprint density at radius 3 is 2.41 bits per heavy atom. The van der Waals surface area contributed by atoms with E-state index >= 15 is 0 Å². The van der Waals surface area contributed by atoms with Crippen molar-refractivity contribution in [3.05, 3.63) is 70.6 Å². The molecule has 2 aromatic carbocycles. The van der Waals surface area contributed by atoms with E-state index in [-0.39, 0.29) is 13.2 Å². The van der Waals surface area contributed by atoms with E-state index in [1.807, 2.05) is 38.1 Å². The molecule has 0 saturated carbocycles. The Kier molecular flexibility index (Phi) is 6.39. The number of benzene rings is 2. The molecule has 0 unspecified atom stereocenters. The molecule has 29 heavy (non-hydrogen) atoms. The van der Waals surface area contributed by atoms with Gasteiger partial charge in [-0.1, -0.05) is 23.4 Å². The number of methoxy groups -OCH3 is 2. The normalized spacial score (nSPS) is 10.5. The van der Waals surface area contributed by atoms with Crippen molar-refractivity contribution >= 4 is 5.97 Å². The molecule has 7 nitrogen and oxygen atoms in total. The van der Waals surface area contributed by atoms with Gasteiger partial charge in [-0.15, -0.1) is 0 Å². The average molecular weight is 397 g/mol. The predicted octanol–water partition coefficient (Wildman–Crippen LogP) is 4.24. The number of esters is 1. The van der Waals surface area contributed by atoms with Crippen molar-refractivity contribution in [1.29, 1.82) is 0 Å². The highest BCUT2D eigenvalue weighted by Crippen LogP contribution is 2.30. The van der Waals surface area contributed by atoms with Crippen LogP contribution in [0.3, 0.4) is 0 Å². The lowest BCUT2D eigenvalue weighted by atomic mass is 10.2. The Hall–Kier alpha value is -3.48. The van der Waals surface area contributed by atoms with Crippen LogP contribution in [0.2, 0.25) is 0 Å². The molecule has 0 aliphatic carbocycles. The van der Waals surface area contributed by atoms with Crippen molar-refractivity contribution < 1.29 is 28.3 Å². The van der Waals surface area contributed by atoms with Crippen LogP contribution in [0.25, 0.3) is 0 Å². The summed E-state index contributed by atoms with van der Waals surface area (Å²) < 4.78 is 27.0. The Morgan fingerprint density at radius 2 is 1.72 bits per heavy atom. The van der Waals surface area contributed by atoms with Crippen LogP contribution in [0.15, 0.2) is 47.0 Å². The molecule has 0 aliphatic rings. The number of carbonyl (C=O) groups is 1. The zero-order valence-corrected chi connectivity index (χ0v) is 16.9. The smallest absolute Gasteiger partial charge is 0.338 e. The number of hydrogen-bond donors (Lipinski definition) is 0. The summed E-state index contributed by atoms with van der Waals surface area (Å²) in [6, 6.07) is 12.3. The summed E-state index contributed by atoms with van der Waals surface area (Å²) in [5.41, 5.74) is 2.81. The predicted molar refractivity (Wildman–Crippen MR) is 105 cm³/mol. The van der Waals surface area contributed by atoms with E-state index in [0.717, 1.165) is 16.8 Å². The Bertz CT molecular complexity index is 975. The number of rotatable bonds is 8. The second-order valence-corrected chi connectivity index (χ2v) is 6.35. The Morgan fingerprint density at radius 1 is 0.966 bits per heavy atom. The van der Waals surface area contributed by atoms with Crippen molar-refractivity contribution in [1.82, 2.24) is 5.16 Å². The number of aromatic nitrogens is 1. The fraction of sp³-hybridized carbons (Fsp3) is 0.273. The highest BCUT2D eigenvalue weighted by atomic mass is 16.5. The maximum atomic E-state index is 12.5. The Labute approximate surface area is 169 Å². The van der Waals surface area contributed by atoms with Gasteiger partial charge in [-0.3, -0.25) is 0 Å². The highest BCUT2D eigenvalue weighted by molar-refractivity contribution is 5.90. The van der Waals surface area contributed by atoms with E-state index in [9.17, 15) is 4.79 Å². The van der Waals surface area contributed by atoms with Crippen LogP contribution < -0.4 is 14.2 Å². The highest BCUT2D eigenvalue weighted by Gasteiger charge is 2.15. The molecule has 0 aliphatic heterocycles. The van der Waals surface area contributed by atoms with Crippen LogP contribution >= 0.6 is 0 Å². The van der Waals surface area contributed by atoms with Gasteiger partial charge in [-0.25, -0.2) is 4.79 Å². The summed E-state index contributed by atoms with van der Waals surface area (Å²) in [5, 5.41) is 3.91. The summed E-state index contributed by atoms with van der Waals surface area (Å²) in [4.78, 5) is 12.5. The molecule has 0 bridgehead atoms. The van der Waals surface area contributed by atoms with E-state index in [1.54, 1.807) is 25.3 Å². The lowest BCUT2D eigenvalue weighted by molar-refractivity contribution is 0.0469. The van der Waals surface area contributed by atoms with E-state index in [4.69, 9.17) is 23.5 Å². The van der Waals surface area contributed by atoms with Crippen molar-refractivity contribution in [3.8, 4) is 17.2 Å². The fourth-order valence-corrected chi connectivity index (χ4v) is 2.82. The molecule has 1 aromatic heterocycles. The first kappa shape index (κ1) is 20.3. The van der Waals surface area contributed by atoms with Crippen LogP contribution in [0.5, 0.6) is 17.2 Å². The van der Waals surface area contributed by atoms with Crippen molar-refractivity contribution in [2.75, 3.05) is 14.2 Å². The largest absolute Gasteiger partial charge is 0.496 e. The van der Waals surface area contributed by atoms with Gasteiger partial charge >= 0.3 is 5.97 Å². The van der Waals surface area contributed by atoms with E-state index in [0.29, 0.717) is 28.6 Å². The van der Waals surface area contributed by atoms with Gasteiger partial charge in [-0.05, 0) is 38.1 Å². The average Bonchev–Trinajstić information content (AvgIpc) is 3.07. The zero-order valence-electron chi connectivity index (χ0n) is 16.9. The molecule has 152 valence electrons. The number of aryl methyl sites for hydroxylation is 2. The fourth-order valence-electron chi connectivity index (χ4n) is 2.82. The molecule has 1 heterocycles. The molecular formula is C22H23NO6. The zero-order chi connectivity index (χ0) is 20.8. The molecule has 3 aromatic rings. The van der Waals surface area contributed by atoms with Crippen LogP contribution in [0.1, 0.15) is 32.9 Å². The van der Waals surface area contributed by atoms with Gasteiger partial charge in [0.05, 0.1) is 31.0 Å². The van der Waals surface area contributed by atoms with E-state index in [1.165, 1.54) is 7.11 Å². The van der Waals surface area contributed by atoms with Gasteiger partial charge in [-0.2, -0.15) is 0 Å². The summed E-state index contributed by atoms with van der Waals surface area (Å²) in [7, 11) is 3.09. The minimum atomic E-state index is -0.466. The monoisotopic (exact) mass is 397 g/mol. The summed E-state index contributed by atoms with van der Waals surface area (Å²) >= 11 is 0. The first-order valence-corrected chi connectivity index (χ1v) is 9.05. The molecule has 0 amide bonds. The second-order valence-electron chi connectivity index (χ2n) is 6.35. The van der Waals surface area contributed by atoms with Crippen LogP contribution in [-0.2, 0) is 18.0 Å². The van der Waals surface area contributed by atoms with Crippen LogP contribution in [0, 0.1) is 13.8 Å². The molecule has 0 N–H and O–H groups in total. The quantitative estimate of drug-likeness (QED) is 0.526. The van der Waals surface area contributed by atoms with Gasteiger partial charge in [0.2, 0.25) is 0 Å². The minimum absolute atomic E-state index is 0.107. The number of nitrogens with zero attached hydrogens (tertiary/aromatic N) is 1. The third kappa shape index (κ3) is 4.68. The lowest BCUT2D eigenvalue weighted by Crippen LogP contribution is -2.07. The van der Waals surface area contributed by atoms with Gasteiger partial charge < -0.3 is 23.5 Å². The minimum Gasteiger partial charge on any atom is -0.496 e. The van der Waals surface area contributed by atoms with Crippen LogP contribution in [0.4, 0.5) is 0 Å². The molecule has 0 fully saturated rings. The number of para-hydroxylation sites is 1. The number of hydrogen-bond acceptors (Lipinski definition) is 7. The summed E-state index contributed by atoms with van der Waals surface area (Å²) in [5.74, 6) is 1.85. The lowest BCUT2D eigenvalue weighted by Gasteiger charge is -2.13. The van der Waals surface area contributed by atoms with Crippen molar-refractivity contribution in [2.45, 2.75) is 27.1 Å². The third-order valence-corrected chi connectivity index (χ3v) is 4.50. The molecule has 7 heteroatoms. The van der Waals surface area contributed by atoms with E-state index in [2.05, 4.69) is 5.16 Å². The maximum Gasteiger partial charge on any atom is 0.338 e. The molecule has 0 atom stereocenters. The molecule has 0 radical (unpaired) electrons. The van der Waals surface area contributed by atoms with Crippen LogP contribution in [-0.4, -0.2) is 25.3 Å². The first-order valence-electron chi connectivity index (χ1n) is 9.05. The second kappa shape index (κ2) is 9.14. The SMILES string of the molecule is COc1ccccc1COC(=O)c1ccc(OCc2c(C)noc2C)c(OC)c1. The Balaban J connectivity index is 1.68. The van der Waals surface area contributed by atoms with E-state index < -0.39 is 5.97 Å². The van der Waals surface area contributed by atoms with Gasteiger partial charge in [0, 0.05) is 5.56 Å². The number of ether oxygens (including phenoxy) is 4. The third-order valence-electron chi connectivity index (χ3n) is 4.50. The summed E-state index contributed by atoms with van der Waals surface area (Å²) in [6.07, 6.45) is 0.